The predicted octanol–water partition coefficient (Wildman–Crippen LogP) is 10.5. The molecule has 0 bridgehead atoms. The third-order valence-corrected chi connectivity index (χ3v) is 15.7. The Kier molecular flexibility index (Phi) is 17.6. The van der Waals surface area contributed by atoms with Crippen LogP contribution >= 0.6 is 66.7 Å². The summed E-state index contributed by atoms with van der Waals surface area (Å²) >= 11 is 24.6. The summed E-state index contributed by atoms with van der Waals surface area (Å²) in [7, 11) is 1.88. The van der Waals surface area contributed by atoms with E-state index in [1.54, 1.807) is 69.3 Å². The number of carbonyl (C=O) groups excluding carboxylic acids is 3. The van der Waals surface area contributed by atoms with Gasteiger partial charge in [-0.25, -0.2) is 9.59 Å². The molecule has 3 aliphatic heterocycles. The van der Waals surface area contributed by atoms with Crippen molar-refractivity contribution in [3.05, 3.63) is 167 Å². The van der Waals surface area contributed by atoms with E-state index in [1.807, 2.05) is 49.5 Å². The number of nitrogens with zero attached hydrogens (tertiary/aromatic N) is 9. The number of urea groups is 2. The highest BCUT2D eigenvalue weighted by atomic mass is 79.9. The van der Waals surface area contributed by atoms with Gasteiger partial charge in [0.1, 0.15) is 20.6 Å². The Bertz CT molecular complexity index is 3590. The molecule has 9 aromatic rings. The second-order valence-corrected chi connectivity index (χ2v) is 21.7. The quantitative estimate of drug-likeness (QED) is 0.0760. The first-order valence-electron chi connectivity index (χ1n) is 25.3. The lowest BCUT2D eigenvalue weighted by molar-refractivity contribution is -0.120. The number of aromatic nitrogens is 12. The zero-order chi connectivity index (χ0) is 55.0. The average molecular weight is 1260 g/mol. The Morgan fingerprint density at radius 2 is 1.13 bits per heavy atom. The normalized spacial score (nSPS) is 15.0. The van der Waals surface area contributed by atoms with Gasteiger partial charge in [-0.05, 0) is 118 Å². The number of carbonyl (C=O) groups is 3. The van der Waals surface area contributed by atoms with Crippen LogP contribution in [0.1, 0.15) is 51.5 Å². The van der Waals surface area contributed by atoms with Crippen LogP contribution in [0, 0.1) is 5.92 Å². The van der Waals surface area contributed by atoms with Crippen LogP contribution in [0.25, 0.3) is 22.8 Å². The van der Waals surface area contributed by atoms with Crippen molar-refractivity contribution in [3.8, 4) is 22.8 Å². The standard InChI is InChI=1S/C17H17ClN6O.C16H15ClN6O.C14H13BrClN3O.C6H8BrN3/c1-23-15(5-7-19-23)16-13-10-24(8-6-14(13)21-22-16)17(25)20-12-4-2-3-11(18)9-12;17-10-2-1-3-11(8-10)19-16(24)23-7-5-13-12(9-23)15(22-21-13)14-4-6-18-20-14;15-13-11-6-8(4-5-12(11)18-19-13)14(20)17-10-3-1-2-9(16)7-10;7-6-4-3-8-2-1-5(4)9-10-6/h2-5,7,9H,6,8,10H2,1H3,(H,20,25)(H,21,22);1-4,6,8H,5,7,9H2,(H,18,20)(H,19,24)(H,21,22);1-3,7-8H,4-6H2,(H,17,20)(H,18,19);8H,1-3H2,(H,9,10). The summed E-state index contributed by atoms with van der Waals surface area (Å²) in [6.07, 6.45) is 8.34. The van der Waals surface area contributed by atoms with Gasteiger partial charge in [0.15, 0.2) is 0 Å². The highest BCUT2D eigenvalue weighted by Crippen LogP contribution is 2.32. The van der Waals surface area contributed by atoms with Crippen LogP contribution in [0.5, 0.6) is 0 Å². The van der Waals surface area contributed by atoms with Crippen LogP contribution in [-0.4, -0.2) is 108 Å². The molecule has 1 atom stereocenters. The molecule has 9 N–H and O–H groups in total. The van der Waals surface area contributed by atoms with Crippen LogP contribution in [0.2, 0.25) is 15.1 Å². The van der Waals surface area contributed by atoms with Crippen molar-refractivity contribution in [2.75, 3.05) is 35.6 Å². The molecular weight excluding hydrogens is 1200 g/mol. The maximum atomic E-state index is 12.6. The fourth-order valence-corrected chi connectivity index (χ4v) is 11.1. The van der Waals surface area contributed by atoms with Gasteiger partial charge in [-0.2, -0.15) is 30.6 Å². The van der Waals surface area contributed by atoms with E-state index in [-0.39, 0.29) is 23.9 Å². The molecule has 0 fully saturated rings. The maximum absolute atomic E-state index is 12.6. The first-order valence-corrected chi connectivity index (χ1v) is 28.0. The number of aromatic amines is 5. The summed E-state index contributed by atoms with van der Waals surface area (Å²) in [6, 6.07) is 24.9. The van der Waals surface area contributed by atoms with E-state index in [0.29, 0.717) is 59.0 Å². The third kappa shape index (κ3) is 13.4. The topological polar surface area (TPSA) is 267 Å². The van der Waals surface area contributed by atoms with Crippen LogP contribution < -0.4 is 21.3 Å². The molecule has 3 aromatic carbocycles. The van der Waals surface area contributed by atoms with Crippen LogP contribution in [-0.2, 0) is 63.6 Å². The van der Waals surface area contributed by atoms with E-state index in [9.17, 15) is 14.4 Å². The van der Waals surface area contributed by atoms with Crippen molar-refractivity contribution in [1.29, 1.82) is 0 Å². The van der Waals surface area contributed by atoms with Gasteiger partial charge in [-0.15, -0.1) is 0 Å². The number of hydrogen-bond donors (Lipinski definition) is 9. The largest absolute Gasteiger partial charge is 0.326 e. The van der Waals surface area contributed by atoms with Crippen molar-refractivity contribution in [1.82, 2.24) is 75.9 Å². The first-order chi connectivity index (χ1) is 38.3. The van der Waals surface area contributed by atoms with Crippen molar-refractivity contribution < 1.29 is 14.4 Å². The lowest BCUT2D eigenvalue weighted by Gasteiger charge is -2.27. The minimum Gasteiger partial charge on any atom is -0.326 e. The molecule has 1 aliphatic carbocycles. The molecule has 4 aliphatic rings. The number of rotatable bonds is 6. The lowest BCUT2D eigenvalue weighted by Crippen LogP contribution is -2.38. The second-order valence-electron chi connectivity index (χ2n) is 18.9. The summed E-state index contributed by atoms with van der Waals surface area (Å²) in [4.78, 5) is 41.0. The third-order valence-electron chi connectivity index (χ3n) is 13.7. The summed E-state index contributed by atoms with van der Waals surface area (Å²) in [6.45, 7) is 4.25. The molecule has 0 saturated heterocycles. The molecule has 13 rings (SSSR count). The number of nitrogens with one attached hydrogen (secondary N) is 9. The zero-order valence-corrected chi connectivity index (χ0v) is 47.9. The Morgan fingerprint density at radius 1 is 0.595 bits per heavy atom. The number of benzene rings is 3. The molecular formula is C53H53Br2Cl3N18O3. The predicted molar refractivity (Wildman–Crippen MR) is 310 cm³/mol. The number of hydrogen-bond acceptors (Lipinski definition) is 10. The molecule has 5 amide bonds. The fourth-order valence-electron chi connectivity index (χ4n) is 9.58. The molecule has 6 aromatic heterocycles. The molecule has 0 radical (unpaired) electrons. The van der Waals surface area contributed by atoms with Gasteiger partial charge in [0.05, 0.1) is 24.5 Å². The Labute approximate surface area is 485 Å². The van der Waals surface area contributed by atoms with E-state index < -0.39 is 0 Å². The fraction of sp³-hybridized carbons (Fsp3) is 0.264. The number of aryl methyl sites for hydroxylation is 2. The molecule has 1 unspecified atom stereocenters. The average Bonchev–Trinajstić information content (AvgIpc) is 4.41. The van der Waals surface area contributed by atoms with Gasteiger partial charge in [0.25, 0.3) is 0 Å². The van der Waals surface area contributed by atoms with E-state index in [1.165, 1.54) is 11.3 Å². The Morgan fingerprint density at radius 3 is 1.67 bits per heavy atom. The van der Waals surface area contributed by atoms with Gasteiger partial charge in [-0.1, -0.05) is 53.0 Å². The van der Waals surface area contributed by atoms with Crippen LogP contribution in [0.4, 0.5) is 26.7 Å². The van der Waals surface area contributed by atoms with E-state index in [2.05, 4.69) is 109 Å². The number of fused-ring (bicyclic) bond motifs is 4. The number of H-pyrrole nitrogens is 5. The van der Waals surface area contributed by atoms with Crippen molar-refractivity contribution >= 4 is 102 Å². The highest BCUT2D eigenvalue weighted by Gasteiger charge is 2.30. The molecule has 26 heteroatoms. The van der Waals surface area contributed by atoms with Gasteiger partial charge in [-0.3, -0.25) is 35.0 Å². The Hall–Kier alpha value is -7.28. The second kappa shape index (κ2) is 25.2. The molecule has 408 valence electrons. The molecule has 0 spiro atoms. The summed E-state index contributed by atoms with van der Waals surface area (Å²) in [5.41, 5.74) is 14.5. The van der Waals surface area contributed by atoms with E-state index in [0.717, 1.165) is 117 Å². The molecule has 9 heterocycles. The van der Waals surface area contributed by atoms with Crippen molar-refractivity contribution in [2.45, 2.75) is 58.2 Å². The number of anilines is 3. The zero-order valence-electron chi connectivity index (χ0n) is 42.4. The van der Waals surface area contributed by atoms with Gasteiger partial charge in [0.2, 0.25) is 5.91 Å². The molecule has 79 heavy (non-hydrogen) atoms. The lowest BCUT2D eigenvalue weighted by atomic mass is 9.87. The van der Waals surface area contributed by atoms with Crippen LogP contribution in [0.3, 0.4) is 0 Å². The van der Waals surface area contributed by atoms with Crippen molar-refractivity contribution in [2.24, 2.45) is 13.0 Å². The molecule has 0 saturated carbocycles. The molecule has 21 nitrogen and oxygen atoms in total. The minimum absolute atomic E-state index is 0.0321. The summed E-state index contributed by atoms with van der Waals surface area (Å²) < 4.78 is 3.55. The van der Waals surface area contributed by atoms with Gasteiger partial charge in [0, 0.05) is 148 Å². The van der Waals surface area contributed by atoms with Crippen molar-refractivity contribution in [3.63, 3.8) is 0 Å². The van der Waals surface area contributed by atoms with E-state index in [4.69, 9.17) is 34.8 Å². The van der Waals surface area contributed by atoms with Crippen LogP contribution in [0.15, 0.2) is 107 Å². The summed E-state index contributed by atoms with van der Waals surface area (Å²) in [5, 5.41) is 53.9. The van der Waals surface area contributed by atoms with Gasteiger partial charge < -0.3 is 31.1 Å². The monoisotopic (exact) mass is 1250 g/mol. The summed E-state index contributed by atoms with van der Waals surface area (Å²) in [5.74, 6) is 0.00129. The first kappa shape index (κ1) is 55.1. The number of halogens is 5. The van der Waals surface area contributed by atoms with Gasteiger partial charge >= 0.3 is 12.1 Å². The van der Waals surface area contributed by atoms with E-state index >= 15 is 0 Å². The number of amides is 5. The SMILES string of the molecule is Brc1n[nH]c2c1CNCC2.Cn1nccc1-c1n[nH]c2c1CN(C(=O)Nc1cccc(Cl)c1)CC2.O=C(Nc1cccc(Cl)c1)C1CCc2[nH]nc(Br)c2C1.O=C(Nc1cccc(Cl)c1)N1CCc2[nH]nc(-c3ccn[nH]3)c2C1. The Balaban J connectivity index is 0.000000123. The minimum atomic E-state index is -0.153. The highest BCUT2D eigenvalue weighted by molar-refractivity contribution is 9.10. The maximum Gasteiger partial charge on any atom is 0.322 e. The smallest absolute Gasteiger partial charge is 0.322 e.